The molecule has 0 bridgehead atoms. The number of rotatable bonds is 8. The van der Waals surface area contributed by atoms with Crippen LogP contribution in [0.2, 0.25) is 0 Å². The Labute approximate surface area is 133 Å². The fourth-order valence-electron chi connectivity index (χ4n) is 2.81. The molecule has 21 heavy (non-hydrogen) atoms. The first-order chi connectivity index (χ1) is 10.1. The van der Waals surface area contributed by atoms with Crippen LogP contribution in [-0.4, -0.2) is 38.3 Å². The molecule has 0 radical (unpaired) electrons. The summed E-state index contributed by atoms with van der Waals surface area (Å²) in [6.07, 6.45) is 2.54. The third-order valence-corrected chi connectivity index (χ3v) is 4.89. The van der Waals surface area contributed by atoms with Gasteiger partial charge in [0.1, 0.15) is 0 Å². The number of hydrogen-bond donors (Lipinski definition) is 1. The maximum absolute atomic E-state index is 5.57. The van der Waals surface area contributed by atoms with Crippen LogP contribution < -0.4 is 5.32 Å². The molecule has 0 saturated carbocycles. The minimum absolute atomic E-state index is 0.716. The third kappa shape index (κ3) is 6.47. The van der Waals surface area contributed by atoms with Crippen LogP contribution in [0.15, 0.2) is 12.1 Å². The lowest BCUT2D eigenvalue weighted by atomic mass is 10.0. The quantitative estimate of drug-likeness (QED) is 0.797. The van der Waals surface area contributed by atoms with Gasteiger partial charge in [-0.15, -0.1) is 11.3 Å². The van der Waals surface area contributed by atoms with Gasteiger partial charge in [-0.1, -0.05) is 13.8 Å². The van der Waals surface area contributed by atoms with Gasteiger partial charge in [0.2, 0.25) is 0 Å². The van der Waals surface area contributed by atoms with Crippen molar-refractivity contribution in [2.75, 3.05) is 33.4 Å². The van der Waals surface area contributed by atoms with Crippen molar-refractivity contribution in [3.8, 4) is 0 Å². The average Bonchev–Trinajstić information content (AvgIpc) is 2.86. The number of ether oxygens (including phenoxy) is 1. The Kier molecular flexibility index (Phi) is 7.17. The third-order valence-electron chi connectivity index (χ3n) is 3.82. The minimum Gasteiger partial charge on any atom is -0.381 e. The Bertz CT molecular complexity index is 399. The summed E-state index contributed by atoms with van der Waals surface area (Å²) < 4.78 is 5.57. The summed E-state index contributed by atoms with van der Waals surface area (Å²) in [6, 6.07) is 4.55. The lowest BCUT2D eigenvalue weighted by Crippen LogP contribution is -2.30. The van der Waals surface area contributed by atoms with E-state index < -0.39 is 0 Å². The predicted molar refractivity (Wildman–Crippen MR) is 90.7 cm³/mol. The standard InChI is InChI=1S/C17H30N2OS/c1-14(2)9-18-10-16-6-7-17(21-16)12-19(3)11-15-5-4-8-20-13-15/h6-7,14-15,18H,4-5,8-13H2,1-3H3. The Balaban J connectivity index is 1.70. The molecule has 1 aliphatic heterocycles. The summed E-state index contributed by atoms with van der Waals surface area (Å²) in [7, 11) is 2.23. The van der Waals surface area contributed by atoms with Crippen molar-refractivity contribution in [3.05, 3.63) is 21.9 Å². The van der Waals surface area contributed by atoms with E-state index in [1.165, 1.54) is 22.6 Å². The summed E-state index contributed by atoms with van der Waals surface area (Å²) >= 11 is 1.94. The van der Waals surface area contributed by atoms with Crippen molar-refractivity contribution in [1.29, 1.82) is 0 Å². The molecule has 2 rings (SSSR count). The Morgan fingerprint density at radius 3 is 2.90 bits per heavy atom. The van der Waals surface area contributed by atoms with Crippen molar-refractivity contribution in [3.63, 3.8) is 0 Å². The van der Waals surface area contributed by atoms with Gasteiger partial charge in [-0.05, 0) is 50.4 Å². The molecule has 1 aromatic rings. The molecule has 1 aliphatic rings. The van der Waals surface area contributed by atoms with E-state index in [4.69, 9.17) is 4.74 Å². The summed E-state index contributed by atoms with van der Waals surface area (Å²) in [4.78, 5) is 5.35. The lowest BCUT2D eigenvalue weighted by Gasteiger charge is -2.26. The van der Waals surface area contributed by atoms with Crippen LogP contribution in [0.1, 0.15) is 36.4 Å². The summed E-state index contributed by atoms with van der Waals surface area (Å²) in [6.45, 7) is 10.7. The fourth-order valence-corrected chi connectivity index (χ4v) is 3.88. The zero-order chi connectivity index (χ0) is 15.1. The molecular formula is C17H30N2OS. The first-order valence-electron chi connectivity index (χ1n) is 8.18. The highest BCUT2D eigenvalue weighted by Crippen LogP contribution is 2.20. The number of nitrogens with one attached hydrogen (secondary N) is 1. The van der Waals surface area contributed by atoms with E-state index in [1.807, 2.05) is 11.3 Å². The first-order valence-corrected chi connectivity index (χ1v) is 8.99. The van der Waals surface area contributed by atoms with Crippen molar-refractivity contribution in [2.45, 2.75) is 39.8 Å². The zero-order valence-corrected chi connectivity index (χ0v) is 14.5. The molecule has 120 valence electrons. The van der Waals surface area contributed by atoms with Gasteiger partial charge in [0, 0.05) is 36.0 Å². The Hall–Kier alpha value is -0.420. The molecule has 0 spiro atoms. The van der Waals surface area contributed by atoms with Gasteiger partial charge in [0.05, 0.1) is 6.61 Å². The molecule has 4 heteroatoms. The number of thiophene rings is 1. The molecule has 3 nitrogen and oxygen atoms in total. The molecule has 0 aromatic carbocycles. The Morgan fingerprint density at radius 1 is 1.38 bits per heavy atom. The van der Waals surface area contributed by atoms with E-state index in [-0.39, 0.29) is 0 Å². The molecule has 1 saturated heterocycles. The number of nitrogens with zero attached hydrogens (tertiary/aromatic N) is 1. The molecule has 1 aromatic heterocycles. The second-order valence-electron chi connectivity index (χ2n) is 6.67. The average molecular weight is 311 g/mol. The van der Waals surface area contributed by atoms with E-state index in [9.17, 15) is 0 Å². The highest BCUT2D eigenvalue weighted by molar-refractivity contribution is 7.11. The molecule has 1 fully saturated rings. The van der Waals surface area contributed by atoms with Crippen molar-refractivity contribution in [1.82, 2.24) is 10.2 Å². The fraction of sp³-hybridized carbons (Fsp3) is 0.765. The van der Waals surface area contributed by atoms with Gasteiger partial charge < -0.3 is 15.0 Å². The monoisotopic (exact) mass is 310 g/mol. The molecule has 0 amide bonds. The topological polar surface area (TPSA) is 24.5 Å². The first kappa shape index (κ1) is 16.9. The smallest absolute Gasteiger partial charge is 0.0506 e. The second kappa shape index (κ2) is 8.89. The van der Waals surface area contributed by atoms with E-state index in [0.29, 0.717) is 5.92 Å². The van der Waals surface area contributed by atoms with Gasteiger partial charge in [0.15, 0.2) is 0 Å². The maximum Gasteiger partial charge on any atom is 0.0506 e. The van der Waals surface area contributed by atoms with Crippen molar-refractivity contribution < 1.29 is 4.74 Å². The van der Waals surface area contributed by atoms with Gasteiger partial charge in [-0.3, -0.25) is 0 Å². The van der Waals surface area contributed by atoms with E-state index in [2.05, 4.69) is 43.2 Å². The largest absolute Gasteiger partial charge is 0.381 e. The molecule has 1 N–H and O–H groups in total. The van der Waals surface area contributed by atoms with Gasteiger partial charge >= 0.3 is 0 Å². The molecule has 1 atom stereocenters. The molecule has 2 heterocycles. The number of hydrogen-bond acceptors (Lipinski definition) is 4. The normalized spacial score (nSPS) is 19.6. The van der Waals surface area contributed by atoms with Crippen LogP contribution >= 0.6 is 11.3 Å². The Morgan fingerprint density at radius 2 is 2.19 bits per heavy atom. The predicted octanol–water partition coefficient (Wildman–Crippen LogP) is 3.35. The highest BCUT2D eigenvalue weighted by Gasteiger charge is 2.16. The summed E-state index contributed by atoms with van der Waals surface area (Å²) in [5.41, 5.74) is 0. The van der Waals surface area contributed by atoms with Crippen molar-refractivity contribution >= 4 is 11.3 Å². The van der Waals surface area contributed by atoms with Crippen LogP contribution in [0.3, 0.4) is 0 Å². The lowest BCUT2D eigenvalue weighted by molar-refractivity contribution is 0.0413. The minimum atomic E-state index is 0.716. The SMILES string of the molecule is CC(C)CNCc1ccc(CN(C)CC2CCCOC2)s1. The second-order valence-corrected chi connectivity index (χ2v) is 7.93. The van der Waals surface area contributed by atoms with Crippen LogP contribution in [-0.2, 0) is 17.8 Å². The highest BCUT2D eigenvalue weighted by atomic mass is 32.1. The molecule has 1 unspecified atom stereocenters. The van der Waals surface area contributed by atoms with E-state index >= 15 is 0 Å². The maximum atomic E-state index is 5.57. The van der Waals surface area contributed by atoms with E-state index in [0.717, 1.165) is 45.3 Å². The van der Waals surface area contributed by atoms with Gasteiger partial charge in [0.25, 0.3) is 0 Å². The van der Waals surface area contributed by atoms with E-state index in [1.54, 1.807) is 0 Å². The van der Waals surface area contributed by atoms with Gasteiger partial charge in [-0.25, -0.2) is 0 Å². The van der Waals surface area contributed by atoms with Crippen LogP contribution in [0.25, 0.3) is 0 Å². The van der Waals surface area contributed by atoms with Crippen LogP contribution in [0.5, 0.6) is 0 Å². The summed E-state index contributed by atoms with van der Waals surface area (Å²) in [5, 5.41) is 3.51. The zero-order valence-electron chi connectivity index (χ0n) is 13.7. The van der Waals surface area contributed by atoms with Crippen molar-refractivity contribution in [2.24, 2.45) is 11.8 Å². The summed E-state index contributed by atoms with van der Waals surface area (Å²) in [5.74, 6) is 1.43. The van der Waals surface area contributed by atoms with Gasteiger partial charge in [-0.2, -0.15) is 0 Å². The van der Waals surface area contributed by atoms with Crippen LogP contribution in [0, 0.1) is 11.8 Å². The molecule has 0 aliphatic carbocycles. The molecular weight excluding hydrogens is 280 g/mol. The van der Waals surface area contributed by atoms with Crippen LogP contribution in [0.4, 0.5) is 0 Å².